The summed E-state index contributed by atoms with van der Waals surface area (Å²) in [6.07, 6.45) is 1.41. The van der Waals surface area contributed by atoms with Crippen molar-refractivity contribution in [2.45, 2.75) is 26.5 Å². The van der Waals surface area contributed by atoms with Gasteiger partial charge in [0, 0.05) is 18.2 Å². The average Bonchev–Trinajstić information content (AvgIpc) is 3.02. The molecule has 24 heavy (non-hydrogen) atoms. The van der Waals surface area contributed by atoms with Crippen molar-refractivity contribution >= 4 is 5.91 Å². The lowest BCUT2D eigenvalue weighted by atomic mass is 10.1. The Labute approximate surface area is 138 Å². The highest BCUT2D eigenvalue weighted by atomic mass is 19.3. The third-order valence-electron chi connectivity index (χ3n) is 3.35. The summed E-state index contributed by atoms with van der Waals surface area (Å²) in [5.41, 5.74) is 1.33. The van der Waals surface area contributed by atoms with Crippen LogP contribution in [0.1, 0.15) is 24.2 Å². The van der Waals surface area contributed by atoms with E-state index in [9.17, 15) is 13.6 Å². The Hall–Kier alpha value is -2.48. The third kappa shape index (κ3) is 4.76. The number of aromatic amines is 1. The number of nitrogens with one attached hydrogen (secondary N) is 3. The molecule has 0 saturated heterocycles. The summed E-state index contributed by atoms with van der Waals surface area (Å²) in [4.78, 5) is 12.3. The molecule has 8 heteroatoms. The number of carbonyl (C=O) groups excluding carboxylic acids is 1. The van der Waals surface area contributed by atoms with Crippen LogP contribution in [0.3, 0.4) is 0 Å². The van der Waals surface area contributed by atoms with Crippen molar-refractivity contribution < 1.29 is 18.3 Å². The van der Waals surface area contributed by atoms with E-state index in [-0.39, 0.29) is 17.7 Å². The van der Waals surface area contributed by atoms with Gasteiger partial charge in [0.1, 0.15) is 5.75 Å². The molecule has 0 unspecified atom stereocenters. The van der Waals surface area contributed by atoms with Gasteiger partial charge in [-0.1, -0.05) is 19.1 Å². The number of H-pyrrole nitrogens is 1. The minimum absolute atomic E-state index is 0.0178. The van der Waals surface area contributed by atoms with Crippen molar-refractivity contribution in [2.24, 2.45) is 0 Å². The maximum absolute atomic E-state index is 12.3. The Morgan fingerprint density at radius 3 is 2.92 bits per heavy atom. The molecule has 0 aliphatic carbocycles. The monoisotopic (exact) mass is 338 g/mol. The lowest BCUT2D eigenvalue weighted by Crippen LogP contribution is -2.38. The Kier molecular flexibility index (Phi) is 6.25. The third-order valence-corrected chi connectivity index (χ3v) is 3.35. The molecule has 1 aromatic carbocycles. The van der Waals surface area contributed by atoms with E-state index in [1.807, 2.05) is 13.8 Å². The molecule has 0 spiro atoms. The van der Waals surface area contributed by atoms with Gasteiger partial charge in [0.15, 0.2) is 0 Å². The van der Waals surface area contributed by atoms with Crippen molar-refractivity contribution in [3.8, 4) is 17.0 Å². The van der Waals surface area contributed by atoms with Gasteiger partial charge >= 0.3 is 6.61 Å². The van der Waals surface area contributed by atoms with Gasteiger partial charge in [0.2, 0.25) is 0 Å². The van der Waals surface area contributed by atoms with E-state index in [2.05, 4.69) is 25.6 Å². The number of amides is 1. The van der Waals surface area contributed by atoms with Crippen LogP contribution in [0.25, 0.3) is 11.3 Å². The topological polar surface area (TPSA) is 79.0 Å². The zero-order valence-corrected chi connectivity index (χ0v) is 13.5. The van der Waals surface area contributed by atoms with Crippen molar-refractivity contribution in [3.63, 3.8) is 0 Å². The van der Waals surface area contributed by atoms with Crippen LogP contribution in [0, 0.1) is 0 Å². The molecule has 1 amide bonds. The molecule has 2 aromatic rings. The van der Waals surface area contributed by atoms with E-state index >= 15 is 0 Å². The zero-order valence-electron chi connectivity index (χ0n) is 13.5. The molecule has 1 atom stereocenters. The summed E-state index contributed by atoms with van der Waals surface area (Å²) >= 11 is 0. The fraction of sp³-hybridized carbons (Fsp3) is 0.375. The van der Waals surface area contributed by atoms with E-state index in [1.54, 1.807) is 12.1 Å². The van der Waals surface area contributed by atoms with Crippen LogP contribution in [-0.2, 0) is 0 Å². The fourth-order valence-corrected chi connectivity index (χ4v) is 2.27. The second-order valence-corrected chi connectivity index (χ2v) is 5.23. The minimum Gasteiger partial charge on any atom is -0.435 e. The van der Waals surface area contributed by atoms with Crippen LogP contribution in [0.4, 0.5) is 8.78 Å². The number of hydrogen-bond donors (Lipinski definition) is 3. The van der Waals surface area contributed by atoms with Gasteiger partial charge < -0.3 is 15.4 Å². The van der Waals surface area contributed by atoms with Crippen molar-refractivity contribution in [3.05, 3.63) is 36.0 Å². The molecule has 0 bridgehead atoms. The van der Waals surface area contributed by atoms with Crippen molar-refractivity contribution in [2.75, 3.05) is 13.1 Å². The molecule has 0 aliphatic rings. The molecule has 6 nitrogen and oxygen atoms in total. The molecule has 130 valence electrons. The van der Waals surface area contributed by atoms with E-state index < -0.39 is 6.61 Å². The predicted octanol–water partition coefficient (Wildman–Crippen LogP) is 2.41. The summed E-state index contributed by atoms with van der Waals surface area (Å²) < 4.78 is 29.0. The number of alkyl halides is 2. The summed E-state index contributed by atoms with van der Waals surface area (Å²) in [6, 6.07) is 6.24. The quantitative estimate of drug-likeness (QED) is 0.691. The number of likely N-dealkylation sites (N-methyl/N-ethyl adjacent to an activating group) is 1. The highest BCUT2D eigenvalue weighted by Crippen LogP contribution is 2.25. The molecule has 0 radical (unpaired) electrons. The number of nitrogens with zero attached hydrogens (tertiary/aromatic N) is 1. The van der Waals surface area contributed by atoms with Crippen LogP contribution in [0.15, 0.2) is 30.5 Å². The Bertz CT molecular complexity index is 676. The van der Waals surface area contributed by atoms with E-state index in [1.165, 1.54) is 18.3 Å². The van der Waals surface area contributed by atoms with Crippen LogP contribution in [-0.4, -0.2) is 41.8 Å². The molecular weight excluding hydrogens is 318 g/mol. The van der Waals surface area contributed by atoms with E-state index in [0.29, 0.717) is 23.4 Å². The lowest BCUT2D eigenvalue weighted by Gasteiger charge is -2.13. The second-order valence-electron chi connectivity index (χ2n) is 5.23. The molecular formula is C16H20F2N4O2. The van der Waals surface area contributed by atoms with Gasteiger partial charge in [-0.2, -0.15) is 13.9 Å². The SMILES string of the molecule is CCN[C@H](C)CNC(=O)c1cn[nH]c1-c1cccc(OC(F)F)c1. The number of carbonyl (C=O) groups is 1. The van der Waals surface area contributed by atoms with E-state index in [0.717, 1.165) is 6.54 Å². The van der Waals surface area contributed by atoms with E-state index in [4.69, 9.17) is 0 Å². The minimum atomic E-state index is -2.91. The predicted molar refractivity (Wildman–Crippen MR) is 86.1 cm³/mol. The van der Waals surface area contributed by atoms with Gasteiger partial charge in [-0.05, 0) is 25.6 Å². The Balaban J connectivity index is 2.13. The van der Waals surface area contributed by atoms with Crippen LogP contribution < -0.4 is 15.4 Å². The Morgan fingerprint density at radius 2 is 2.21 bits per heavy atom. The van der Waals surface area contributed by atoms with Gasteiger partial charge in [-0.3, -0.25) is 9.89 Å². The lowest BCUT2D eigenvalue weighted by molar-refractivity contribution is -0.0498. The molecule has 0 fully saturated rings. The molecule has 0 aliphatic heterocycles. The standard InChI is InChI=1S/C16H20F2N4O2/c1-3-19-10(2)8-20-15(23)13-9-21-22-14(13)11-5-4-6-12(7-11)24-16(17)18/h4-7,9-10,16,19H,3,8H2,1-2H3,(H,20,23)(H,21,22)/t10-/m1/s1. The number of benzene rings is 1. The molecule has 1 aromatic heterocycles. The van der Waals surface area contributed by atoms with Gasteiger partial charge in [0.05, 0.1) is 17.5 Å². The van der Waals surface area contributed by atoms with Gasteiger partial charge in [-0.15, -0.1) is 0 Å². The first-order valence-corrected chi connectivity index (χ1v) is 7.61. The number of rotatable bonds is 8. The maximum Gasteiger partial charge on any atom is 0.387 e. The van der Waals surface area contributed by atoms with Gasteiger partial charge in [-0.25, -0.2) is 0 Å². The van der Waals surface area contributed by atoms with Crippen LogP contribution >= 0.6 is 0 Å². The Morgan fingerprint density at radius 1 is 1.42 bits per heavy atom. The summed E-state index contributed by atoms with van der Waals surface area (Å²) in [7, 11) is 0. The summed E-state index contributed by atoms with van der Waals surface area (Å²) in [5, 5.41) is 12.6. The normalized spacial score (nSPS) is 12.2. The first-order chi connectivity index (χ1) is 11.5. The smallest absolute Gasteiger partial charge is 0.387 e. The van der Waals surface area contributed by atoms with Gasteiger partial charge in [0.25, 0.3) is 5.91 Å². The first kappa shape index (κ1) is 17.9. The summed E-state index contributed by atoms with van der Waals surface area (Å²) in [6.45, 7) is 2.32. The molecule has 1 heterocycles. The number of hydrogen-bond acceptors (Lipinski definition) is 4. The summed E-state index contributed by atoms with van der Waals surface area (Å²) in [5.74, 6) is -0.270. The highest BCUT2D eigenvalue weighted by Gasteiger charge is 2.16. The maximum atomic E-state index is 12.3. The zero-order chi connectivity index (χ0) is 17.5. The highest BCUT2D eigenvalue weighted by molar-refractivity contribution is 5.99. The fourth-order valence-electron chi connectivity index (χ4n) is 2.27. The first-order valence-electron chi connectivity index (χ1n) is 7.61. The van der Waals surface area contributed by atoms with Crippen molar-refractivity contribution in [1.82, 2.24) is 20.8 Å². The largest absolute Gasteiger partial charge is 0.435 e. The number of aromatic nitrogens is 2. The van der Waals surface area contributed by atoms with Crippen LogP contribution in [0.5, 0.6) is 5.75 Å². The number of halogens is 2. The molecule has 0 saturated carbocycles. The average molecular weight is 338 g/mol. The van der Waals surface area contributed by atoms with Crippen LogP contribution in [0.2, 0.25) is 0 Å². The second kappa shape index (κ2) is 8.39. The molecule has 2 rings (SSSR count). The molecule has 3 N–H and O–H groups in total. The number of ether oxygens (including phenoxy) is 1. The van der Waals surface area contributed by atoms with Crippen molar-refractivity contribution in [1.29, 1.82) is 0 Å².